The number of hydrogen-bond donors (Lipinski definition) is 5. The molecule has 3 amide bonds. The number of nitrogen functional groups attached to an aromatic ring is 1. The predicted octanol–water partition coefficient (Wildman–Crippen LogP) is 3.63. The van der Waals surface area contributed by atoms with Gasteiger partial charge in [-0.3, -0.25) is 19.3 Å². The molecule has 14 nitrogen and oxygen atoms in total. The van der Waals surface area contributed by atoms with Crippen LogP contribution in [0.1, 0.15) is 51.4 Å². The first-order chi connectivity index (χ1) is 26.5. The van der Waals surface area contributed by atoms with Crippen LogP contribution in [0.15, 0.2) is 48.0 Å². The normalized spacial score (nSPS) is 18.8. The lowest BCUT2D eigenvalue weighted by molar-refractivity contribution is -0.144. The van der Waals surface area contributed by atoms with Crippen molar-refractivity contribution in [3.8, 4) is 27.4 Å². The number of halogens is 2. The Morgan fingerprint density at radius 2 is 1.73 bits per heavy atom. The van der Waals surface area contributed by atoms with Gasteiger partial charge in [0.05, 0.1) is 46.0 Å². The first-order valence-electron chi connectivity index (χ1n) is 18.4. The molecule has 0 aliphatic carbocycles. The molecule has 0 saturated carbocycles. The number of likely N-dealkylation sites (tertiary alicyclic amines) is 1. The Morgan fingerprint density at radius 1 is 1.04 bits per heavy atom. The number of aliphatic hydroxyl groups excluding tert-OH is 1. The van der Waals surface area contributed by atoms with E-state index < -0.39 is 58.4 Å². The Labute approximate surface area is 327 Å². The Morgan fingerprint density at radius 3 is 2.38 bits per heavy atom. The minimum atomic E-state index is -1.26. The number of rotatable bonds is 10. The summed E-state index contributed by atoms with van der Waals surface area (Å²) in [6, 6.07) is 8.87. The second-order valence-electron chi connectivity index (χ2n) is 15.4. The van der Waals surface area contributed by atoms with Crippen molar-refractivity contribution in [3.05, 3.63) is 70.9 Å². The van der Waals surface area contributed by atoms with E-state index in [0.717, 1.165) is 33.8 Å². The fourth-order valence-electron chi connectivity index (χ4n) is 7.12. The first-order valence-corrected chi connectivity index (χ1v) is 19.3. The van der Waals surface area contributed by atoms with E-state index >= 15 is 0 Å². The summed E-state index contributed by atoms with van der Waals surface area (Å²) >= 11 is 1.56. The van der Waals surface area contributed by atoms with Crippen molar-refractivity contribution in [2.45, 2.75) is 65.3 Å². The predicted molar refractivity (Wildman–Crippen MR) is 208 cm³/mol. The van der Waals surface area contributed by atoms with E-state index in [0.29, 0.717) is 31.9 Å². The number of thiazole rings is 1. The maximum Gasteiger partial charge on any atom is 0.246 e. The van der Waals surface area contributed by atoms with Crippen LogP contribution in [-0.4, -0.2) is 110 Å². The molecule has 2 fully saturated rings. The van der Waals surface area contributed by atoms with Gasteiger partial charge in [-0.15, -0.1) is 21.5 Å². The summed E-state index contributed by atoms with van der Waals surface area (Å²) in [6.07, 6.45) is -0.834. The van der Waals surface area contributed by atoms with Gasteiger partial charge in [-0.25, -0.2) is 13.8 Å². The van der Waals surface area contributed by atoms with Crippen LogP contribution < -0.4 is 21.3 Å². The van der Waals surface area contributed by atoms with Gasteiger partial charge < -0.3 is 36.4 Å². The van der Waals surface area contributed by atoms with Crippen molar-refractivity contribution in [3.63, 3.8) is 0 Å². The second-order valence-corrected chi connectivity index (χ2v) is 16.3. The van der Waals surface area contributed by atoms with Crippen LogP contribution in [0.5, 0.6) is 5.75 Å². The Balaban J connectivity index is 1.06. The largest absolute Gasteiger partial charge is 0.507 e. The van der Waals surface area contributed by atoms with Gasteiger partial charge in [-0.2, -0.15) is 0 Å². The average molecular weight is 792 g/mol. The SMILES string of the molecule is Cc1ncsc1-c1ccc([C@H](C)NC(=O)[C@@H]2C[C@@H](O)CN2C(=O)[C@@H](NC(=O)CN2CCN(c3cc(-c4c(O)ccc(F)c4F)nnc3N)CC2)C(C)(C)C)cc1. The highest BCUT2D eigenvalue weighted by molar-refractivity contribution is 7.13. The molecule has 2 aromatic carbocycles. The van der Waals surface area contributed by atoms with Crippen molar-refractivity contribution in [2.75, 3.05) is 49.9 Å². The molecule has 4 heterocycles. The Kier molecular flexibility index (Phi) is 11.9. The highest BCUT2D eigenvalue weighted by Crippen LogP contribution is 2.35. The number of nitrogens with two attached hydrogens (primary N) is 1. The van der Waals surface area contributed by atoms with Gasteiger partial charge in [-0.1, -0.05) is 45.0 Å². The maximum atomic E-state index is 14.6. The fraction of sp³-hybridized carbons (Fsp3) is 0.436. The molecule has 0 spiro atoms. The third-order valence-corrected chi connectivity index (χ3v) is 11.2. The van der Waals surface area contributed by atoms with Gasteiger partial charge in [0, 0.05) is 39.1 Å². The van der Waals surface area contributed by atoms with Crippen LogP contribution in [-0.2, 0) is 14.4 Å². The molecule has 17 heteroatoms. The van der Waals surface area contributed by atoms with Gasteiger partial charge in [0.1, 0.15) is 23.5 Å². The number of aromatic hydroxyl groups is 1. The summed E-state index contributed by atoms with van der Waals surface area (Å²) in [5, 5.41) is 34.5. The maximum absolute atomic E-state index is 14.6. The van der Waals surface area contributed by atoms with Crippen molar-refractivity contribution in [1.82, 2.24) is 35.6 Å². The van der Waals surface area contributed by atoms with Crippen molar-refractivity contribution in [1.29, 1.82) is 0 Å². The van der Waals surface area contributed by atoms with Crippen LogP contribution in [0.3, 0.4) is 0 Å². The number of aliphatic hydroxyl groups is 1. The molecule has 4 atom stereocenters. The van der Waals surface area contributed by atoms with Gasteiger partial charge in [0.25, 0.3) is 0 Å². The number of hydrogen-bond acceptors (Lipinski definition) is 12. The number of benzene rings is 2. The summed E-state index contributed by atoms with van der Waals surface area (Å²) in [7, 11) is 0. The van der Waals surface area contributed by atoms with Gasteiger partial charge >= 0.3 is 0 Å². The summed E-state index contributed by atoms with van der Waals surface area (Å²) in [5.41, 5.74) is 9.95. The number of phenolic OH excluding ortho intramolecular Hbond substituents is 1. The monoisotopic (exact) mass is 791 g/mol. The first kappa shape index (κ1) is 40.4. The number of nitrogens with one attached hydrogen (secondary N) is 2. The summed E-state index contributed by atoms with van der Waals surface area (Å²) in [5.74, 6) is -4.07. The van der Waals surface area contributed by atoms with E-state index in [1.54, 1.807) is 16.8 Å². The van der Waals surface area contributed by atoms with Crippen LogP contribution in [0.25, 0.3) is 21.7 Å². The molecule has 0 radical (unpaired) electrons. The molecule has 56 heavy (non-hydrogen) atoms. The van der Waals surface area contributed by atoms with Crippen LogP contribution >= 0.6 is 11.3 Å². The number of carbonyl (C=O) groups is 3. The molecule has 2 aliphatic heterocycles. The van der Waals surface area contributed by atoms with Gasteiger partial charge in [0.2, 0.25) is 17.7 Å². The van der Waals surface area contributed by atoms with E-state index in [9.17, 15) is 33.4 Å². The van der Waals surface area contributed by atoms with Gasteiger partial charge in [0.15, 0.2) is 17.5 Å². The van der Waals surface area contributed by atoms with Crippen LogP contribution in [0, 0.1) is 24.0 Å². The number of aromatic nitrogens is 3. The number of piperazine rings is 1. The molecule has 6 N–H and O–H groups in total. The molecule has 6 rings (SSSR count). The number of aryl methyl sites for hydroxylation is 1. The molecule has 4 aromatic rings. The average Bonchev–Trinajstić information content (AvgIpc) is 3.77. The van der Waals surface area contributed by atoms with Crippen LogP contribution in [0.4, 0.5) is 20.3 Å². The molecular formula is C39H47F2N9O5S. The van der Waals surface area contributed by atoms with Crippen molar-refractivity contribution < 1.29 is 33.4 Å². The van der Waals surface area contributed by atoms with Gasteiger partial charge in [-0.05, 0) is 48.6 Å². The highest BCUT2D eigenvalue weighted by Gasteiger charge is 2.45. The molecular weight excluding hydrogens is 745 g/mol. The number of carbonyl (C=O) groups excluding carboxylic acids is 3. The summed E-state index contributed by atoms with van der Waals surface area (Å²) < 4.78 is 28.5. The summed E-state index contributed by atoms with van der Waals surface area (Å²) in [4.78, 5) is 51.8. The number of nitrogens with zero attached hydrogens (tertiary/aromatic N) is 6. The second kappa shape index (κ2) is 16.5. The van der Waals surface area contributed by atoms with Crippen LogP contribution in [0.2, 0.25) is 0 Å². The number of anilines is 2. The zero-order valence-corrected chi connectivity index (χ0v) is 32.7. The molecule has 2 aliphatic rings. The summed E-state index contributed by atoms with van der Waals surface area (Å²) in [6.45, 7) is 10.9. The van der Waals surface area contributed by atoms with Crippen molar-refractivity contribution in [2.24, 2.45) is 5.41 Å². The Bertz CT molecular complexity index is 2090. The zero-order valence-electron chi connectivity index (χ0n) is 31.9. The minimum absolute atomic E-state index is 0.0171. The third kappa shape index (κ3) is 8.74. The highest BCUT2D eigenvalue weighted by atomic mass is 32.1. The molecule has 2 saturated heterocycles. The Hall–Kier alpha value is -5.26. The molecule has 0 bridgehead atoms. The quantitative estimate of drug-likeness (QED) is 0.158. The topological polar surface area (TPSA) is 190 Å². The van der Waals surface area contributed by atoms with E-state index in [4.69, 9.17) is 5.73 Å². The minimum Gasteiger partial charge on any atom is -0.507 e. The van der Waals surface area contributed by atoms with E-state index in [-0.39, 0.29) is 43.0 Å². The number of amides is 3. The van der Waals surface area contributed by atoms with Crippen molar-refractivity contribution >= 4 is 40.6 Å². The lowest BCUT2D eigenvalue weighted by Crippen LogP contribution is -2.59. The zero-order chi connectivity index (χ0) is 40.5. The molecule has 298 valence electrons. The standard InChI is InChI=1S/C39H47F2N9O5S/c1-21(23-6-8-24(9-7-23)34-22(2)43-20-56-34)44-37(54)29-16-25(51)18-50(29)38(55)35(39(3,4)5)45-31(53)19-48-12-14-49(15-13-48)28-17-27(46-47-36(28)42)32-30(52)11-10-26(40)33(32)41/h6-11,17,20-21,25,29,35,51-52H,12-16,18-19H2,1-5H3,(H2,42,47)(H,44,54)(H,45,53)/t21-,25+,29-,35+/m0/s1. The lowest BCUT2D eigenvalue weighted by Gasteiger charge is -2.38. The number of β-amino-alcohol motifs (C(OH)–C–C–N with tert-alkyl or cyclic N) is 1. The molecule has 2 aromatic heterocycles. The van der Waals surface area contributed by atoms with E-state index in [2.05, 4.69) is 25.8 Å². The fourth-order valence-corrected chi connectivity index (χ4v) is 7.93. The van der Waals surface area contributed by atoms with E-state index in [1.165, 1.54) is 11.0 Å². The third-order valence-electron chi connectivity index (χ3n) is 10.3. The molecule has 0 unspecified atom stereocenters. The lowest BCUT2D eigenvalue weighted by atomic mass is 9.85. The smallest absolute Gasteiger partial charge is 0.246 e. The number of phenols is 1. The van der Waals surface area contributed by atoms with E-state index in [1.807, 2.05) is 68.7 Å².